The van der Waals surface area contributed by atoms with Crippen LogP contribution in [0.2, 0.25) is 0 Å². The number of carbonyl (C=O) groups excluding carboxylic acids is 2. The van der Waals surface area contributed by atoms with Crippen LogP contribution in [0.5, 0.6) is 11.6 Å². The van der Waals surface area contributed by atoms with E-state index in [0.717, 1.165) is 0 Å². The van der Waals surface area contributed by atoms with Crippen molar-refractivity contribution >= 4 is 17.6 Å². The van der Waals surface area contributed by atoms with Gasteiger partial charge in [-0.1, -0.05) is 18.2 Å². The van der Waals surface area contributed by atoms with Gasteiger partial charge in [0.2, 0.25) is 17.7 Å². The maximum Gasteiger partial charge on any atom is 0.325 e. The molecule has 1 atom stereocenters. The second-order valence-electron chi connectivity index (χ2n) is 7.69. The largest absolute Gasteiger partial charge is 0.497 e. The summed E-state index contributed by atoms with van der Waals surface area (Å²) in [6.07, 6.45) is 0. The van der Waals surface area contributed by atoms with E-state index in [1.807, 2.05) is 0 Å². The molecule has 0 saturated carbocycles. The molecule has 1 unspecified atom stereocenters. The number of nitrogens with zero attached hydrogens (tertiary/aromatic N) is 3. The molecule has 3 N–H and O–H groups in total. The van der Waals surface area contributed by atoms with Crippen LogP contribution in [0, 0.1) is 11.3 Å². The van der Waals surface area contributed by atoms with Crippen LogP contribution in [-0.4, -0.2) is 42.8 Å². The first-order valence-electron chi connectivity index (χ1n) is 10.3. The second kappa shape index (κ2) is 7.67. The van der Waals surface area contributed by atoms with Gasteiger partial charge in [-0.3, -0.25) is 19.6 Å². The number of amides is 1. The number of nitrogens with two attached hydrogens (primary N) is 1. The second-order valence-corrected chi connectivity index (χ2v) is 7.69. The number of aromatic nitrogens is 2. The van der Waals surface area contributed by atoms with Gasteiger partial charge in [-0.25, -0.2) is 0 Å². The zero-order chi connectivity index (χ0) is 24.0. The minimum absolute atomic E-state index is 0.0744. The summed E-state index contributed by atoms with van der Waals surface area (Å²) < 4.78 is 15.7. The molecule has 5 rings (SSSR count). The number of rotatable bonds is 4. The molecule has 2 aliphatic heterocycles. The molecule has 1 aromatic heterocycles. The van der Waals surface area contributed by atoms with Crippen molar-refractivity contribution in [2.75, 3.05) is 25.7 Å². The molecule has 3 heterocycles. The van der Waals surface area contributed by atoms with Crippen LogP contribution in [0.3, 0.4) is 0 Å². The Morgan fingerprint density at radius 2 is 1.97 bits per heavy atom. The predicted molar refractivity (Wildman–Crippen MR) is 120 cm³/mol. The third kappa shape index (κ3) is 2.70. The Bertz CT molecular complexity index is 1400. The van der Waals surface area contributed by atoms with Crippen molar-refractivity contribution in [2.45, 2.75) is 5.41 Å². The van der Waals surface area contributed by atoms with Crippen LogP contribution in [0.4, 0.5) is 5.69 Å². The van der Waals surface area contributed by atoms with Gasteiger partial charge in [-0.2, -0.15) is 5.26 Å². The standard InChI is InChI=1S/C24H19N5O5/c1-32-14-9-7-13(8-10-14)20-19-22(28-27-20)34-21(26)16(11-25)24(19)15-5-3-4-6-17(15)29(23(24)31)12-18(30)33-2/h3-10H,12,26H2,1-2H3,(H,27,28). The molecular weight excluding hydrogens is 438 g/mol. The number of aromatic amines is 1. The number of benzene rings is 2. The van der Waals surface area contributed by atoms with Crippen molar-refractivity contribution in [1.29, 1.82) is 5.26 Å². The van der Waals surface area contributed by atoms with E-state index >= 15 is 0 Å². The number of H-pyrrole nitrogens is 1. The molecular formula is C24H19N5O5. The minimum atomic E-state index is -1.67. The number of hydrogen-bond acceptors (Lipinski definition) is 8. The first kappa shape index (κ1) is 21.1. The van der Waals surface area contributed by atoms with Gasteiger partial charge in [0.25, 0.3) is 0 Å². The summed E-state index contributed by atoms with van der Waals surface area (Å²) in [7, 11) is 2.81. The Morgan fingerprint density at radius 3 is 2.65 bits per heavy atom. The summed E-state index contributed by atoms with van der Waals surface area (Å²) in [6.45, 7) is -0.335. The summed E-state index contributed by atoms with van der Waals surface area (Å²) in [6, 6.07) is 16.1. The van der Waals surface area contributed by atoms with Crippen molar-refractivity contribution < 1.29 is 23.8 Å². The van der Waals surface area contributed by atoms with Crippen molar-refractivity contribution in [3.8, 4) is 29.0 Å². The Balaban J connectivity index is 1.82. The average Bonchev–Trinajstić information content (AvgIpc) is 3.38. The van der Waals surface area contributed by atoms with E-state index in [1.54, 1.807) is 55.6 Å². The van der Waals surface area contributed by atoms with E-state index in [9.17, 15) is 14.9 Å². The van der Waals surface area contributed by atoms with Gasteiger partial charge in [0.1, 0.15) is 29.4 Å². The maximum atomic E-state index is 14.2. The van der Waals surface area contributed by atoms with Gasteiger partial charge in [0.15, 0.2) is 0 Å². The van der Waals surface area contributed by atoms with E-state index < -0.39 is 17.3 Å². The highest BCUT2D eigenvalue weighted by atomic mass is 16.5. The predicted octanol–water partition coefficient (Wildman–Crippen LogP) is 1.98. The van der Waals surface area contributed by atoms with E-state index in [0.29, 0.717) is 33.8 Å². The Morgan fingerprint density at radius 1 is 1.24 bits per heavy atom. The molecule has 2 aliphatic rings. The third-order valence-corrected chi connectivity index (χ3v) is 6.11. The lowest BCUT2D eigenvalue weighted by Crippen LogP contribution is -2.47. The highest BCUT2D eigenvalue weighted by Crippen LogP contribution is 2.56. The lowest BCUT2D eigenvalue weighted by Gasteiger charge is -2.32. The molecule has 0 saturated heterocycles. The number of anilines is 1. The number of methoxy groups -OCH3 is 2. The Hall–Kier alpha value is -4.78. The number of esters is 1. The summed E-state index contributed by atoms with van der Waals surface area (Å²) in [4.78, 5) is 27.7. The van der Waals surface area contributed by atoms with E-state index in [1.165, 1.54) is 12.0 Å². The van der Waals surface area contributed by atoms with Crippen LogP contribution in [-0.2, 0) is 19.7 Å². The number of nitrogens with one attached hydrogen (secondary N) is 1. The van der Waals surface area contributed by atoms with Crippen molar-refractivity contribution in [3.05, 3.63) is 71.1 Å². The number of ether oxygens (including phenoxy) is 3. The molecule has 170 valence electrons. The van der Waals surface area contributed by atoms with E-state index in [2.05, 4.69) is 16.3 Å². The topological polar surface area (TPSA) is 144 Å². The van der Waals surface area contributed by atoms with Crippen LogP contribution >= 0.6 is 0 Å². The average molecular weight is 457 g/mol. The van der Waals surface area contributed by atoms with Crippen LogP contribution in [0.1, 0.15) is 11.1 Å². The minimum Gasteiger partial charge on any atom is -0.497 e. The van der Waals surface area contributed by atoms with Gasteiger partial charge in [0, 0.05) is 16.8 Å². The fraction of sp³-hybridized carbons (Fsp3) is 0.167. The lowest BCUT2D eigenvalue weighted by molar-refractivity contribution is -0.140. The fourth-order valence-electron chi connectivity index (χ4n) is 4.60. The normalized spacial score (nSPS) is 18.3. The smallest absolute Gasteiger partial charge is 0.325 e. The molecule has 2 aromatic carbocycles. The molecule has 0 fully saturated rings. The zero-order valence-corrected chi connectivity index (χ0v) is 18.3. The van der Waals surface area contributed by atoms with Crippen molar-refractivity contribution in [3.63, 3.8) is 0 Å². The molecule has 3 aromatic rings. The molecule has 1 spiro atoms. The Labute approximate surface area is 194 Å². The summed E-state index contributed by atoms with van der Waals surface area (Å²) in [5, 5.41) is 17.4. The van der Waals surface area contributed by atoms with Crippen LogP contribution in [0.25, 0.3) is 11.3 Å². The number of nitriles is 1. The maximum absolute atomic E-state index is 14.2. The van der Waals surface area contributed by atoms with E-state index in [4.69, 9.17) is 19.9 Å². The molecule has 10 heteroatoms. The van der Waals surface area contributed by atoms with Gasteiger partial charge in [-0.15, -0.1) is 5.10 Å². The molecule has 1 amide bonds. The summed E-state index contributed by atoms with van der Waals surface area (Å²) >= 11 is 0. The summed E-state index contributed by atoms with van der Waals surface area (Å²) in [5.41, 5.74) is 6.85. The first-order chi connectivity index (χ1) is 16.5. The number of fused-ring (bicyclic) bond motifs is 4. The monoisotopic (exact) mass is 457 g/mol. The van der Waals surface area contributed by atoms with Gasteiger partial charge < -0.3 is 19.9 Å². The van der Waals surface area contributed by atoms with Crippen molar-refractivity contribution in [2.24, 2.45) is 5.73 Å². The molecule has 0 bridgehead atoms. The molecule has 10 nitrogen and oxygen atoms in total. The number of carbonyl (C=O) groups is 2. The Kier molecular flexibility index (Phi) is 4.76. The molecule has 0 aliphatic carbocycles. The van der Waals surface area contributed by atoms with Crippen molar-refractivity contribution in [1.82, 2.24) is 10.2 Å². The quantitative estimate of drug-likeness (QED) is 0.566. The third-order valence-electron chi connectivity index (χ3n) is 6.11. The molecule has 0 radical (unpaired) electrons. The number of hydrogen-bond donors (Lipinski definition) is 2. The highest BCUT2D eigenvalue weighted by molar-refractivity contribution is 6.16. The van der Waals surface area contributed by atoms with Crippen LogP contribution in [0.15, 0.2) is 60.0 Å². The summed E-state index contributed by atoms with van der Waals surface area (Å²) in [5.74, 6) is -0.641. The zero-order valence-electron chi connectivity index (χ0n) is 18.3. The number of para-hydroxylation sites is 1. The fourth-order valence-corrected chi connectivity index (χ4v) is 4.60. The molecule has 34 heavy (non-hydrogen) atoms. The SMILES string of the molecule is COC(=O)CN1C(=O)C2(C(C#N)=C(N)Oc3n[nH]c(-c4ccc(OC)cc4)c32)c2ccccc21. The van der Waals surface area contributed by atoms with Crippen LogP contribution < -0.4 is 20.1 Å². The lowest BCUT2D eigenvalue weighted by atomic mass is 9.68. The van der Waals surface area contributed by atoms with Gasteiger partial charge in [0.05, 0.1) is 25.5 Å². The first-order valence-corrected chi connectivity index (χ1v) is 10.3. The van der Waals surface area contributed by atoms with Gasteiger partial charge >= 0.3 is 5.97 Å². The van der Waals surface area contributed by atoms with E-state index in [-0.39, 0.29) is 23.9 Å². The van der Waals surface area contributed by atoms with Gasteiger partial charge in [-0.05, 0) is 30.3 Å². The highest BCUT2D eigenvalue weighted by Gasteiger charge is 2.61.